The van der Waals surface area contributed by atoms with Gasteiger partial charge in [-0.3, -0.25) is 0 Å². The quantitative estimate of drug-likeness (QED) is 0.764. The molecular weight excluding hydrogens is 350 g/mol. The molecule has 0 fully saturated rings. The third-order valence-corrected chi connectivity index (χ3v) is 5.03. The molecule has 0 heterocycles. The minimum Gasteiger partial charge on any atom is -0.468 e. The summed E-state index contributed by atoms with van der Waals surface area (Å²) in [4.78, 5) is 11.9. The molecule has 7 heteroatoms. The van der Waals surface area contributed by atoms with Crippen molar-refractivity contribution in [3.63, 3.8) is 0 Å². The predicted molar refractivity (Wildman–Crippen MR) is 93.3 cm³/mol. The molecule has 0 amide bonds. The Kier molecular flexibility index (Phi) is 6.36. The van der Waals surface area contributed by atoms with Crippen molar-refractivity contribution in [3.8, 4) is 0 Å². The van der Waals surface area contributed by atoms with Crippen molar-refractivity contribution >= 4 is 27.6 Å². The van der Waals surface area contributed by atoms with Crippen LogP contribution in [0.3, 0.4) is 0 Å². The largest absolute Gasteiger partial charge is 0.468 e. The number of carbonyl (C=O) groups excluding carboxylic acids is 1. The number of esters is 1. The Bertz CT molecular complexity index is 776. The highest BCUT2D eigenvalue weighted by Gasteiger charge is 2.26. The van der Waals surface area contributed by atoms with Crippen molar-refractivity contribution in [1.82, 2.24) is 4.72 Å². The highest BCUT2D eigenvalue weighted by Crippen LogP contribution is 2.16. The fourth-order valence-electron chi connectivity index (χ4n) is 2.16. The molecule has 128 valence electrons. The van der Waals surface area contributed by atoms with Gasteiger partial charge in [0.25, 0.3) is 0 Å². The molecule has 2 aromatic rings. The molecule has 0 saturated carbocycles. The van der Waals surface area contributed by atoms with Gasteiger partial charge in [0.1, 0.15) is 6.04 Å². The number of ether oxygens (including phenoxy) is 1. The maximum Gasteiger partial charge on any atom is 0.328 e. The molecule has 0 aliphatic rings. The Morgan fingerprint density at radius 3 is 2.33 bits per heavy atom. The van der Waals surface area contributed by atoms with Crippen molar-refractivity contribution in [1.29, 1.82) is 0 Å². The van der Waals surface area contributed by atoms with Gasteiger partial charge in [0.15, 0.2) is 0 Å². The van der Waals surface area contributed by atoms with Gasteiger partial charge in [0.2, 0.25) is 10.0 Å². The molecule has 0 aliphatic carbocycles. The fourth-order valence-corrected chi connectivity index (χ4v) is 3.50. The molecule has 1 N–H and O–H groups in total. The zero-order valence-corrected chi connectivity index (χ0v) is 14.7. The second kappa shape index (κ2) is 8.28. The number of hydrogen-bond acceptors (Lipinski definition) is 4. The second-order valence-electron chi connectivity index (χ2n) is 5.18. The number of rotatable bonds is 7. The summed E-state index contributed by atoms with van der Waals surface area (Å²) in [6, 6.07) is 14.5. The van der Waals surface area contributed by atoms with E-state index in [0.717, 1.165) is 5.56 Å². The predicted octanol–water partition coefficient (Wildman–Crippen LogP) is 2.72. The van der Waals surface area contributed by atoms with Crippen LogP contribution in [0.1, 0.15) is 17.2 Å². The summed E-state index contributed by atoms with van der Waals surface area (Å²) < 4.78 is 31.8. The molecule has 24 heavy (non-hydrogen) atoms. The van der Waals surface area contributed by atoms with Gasteiger partial charge in [-0.15, -0.1) is 0 Å². The smallest absolute Gasteiger partial charge is 0.328 e. The van der Waals surface area contributed by atoms with Gasteiger partial charge >= 0.3 is 5.97 Å². The van der Waals surface area contributed by atoms with Crippen LogP contribution in [0, 0.1) is 0 Å². The van der Waals surface area contributed by atoms with Crippen LogP contribution in [0.2, 0.25) is 5.02 Å². The van der Waals surface area contributed by atoms with Crippen LogP contribution in [0.25, 0.3) is 0 Å². The van der Waals surface area contributed by atoms with Gasteiger partial charge in [0.05, 0.1) is 12.9 Å². The molecular formula is C17H18ClNO4S. The number of carbonyl (C=O) groups is 1. The Hall–Kier alpha value is -1.89. The van der Waals surface area contributed by atoms with Gasteiger partial charge < -0.3 is 4.74 Å². The number of methoxy groups -OCH3 is 1. The first-order chi connectivity index (χ1) is 11.4. The number of benzene rings is 2. The van der Waals surface area contributed by atoms with Gasteiger partial charge in [-0.1, -0.05) is 54.1 Å². The highest BCUT2D eigenvalue weighted by atomic mass is 35.5. The van der Waals surface area contributed by atoms with E-state index >= 15 is 0 Å². The summed E-state index contributed by atoms with van der Waals surface area (Å²) in [5, 5.41) is 0.592. The average molecular weight is 368 g/mol. The zero-order valence-electron chi connectivity index (χ0n) is 13.1. The van der Waals surface area contributed by atoms with Crippen LogP contribution in [0.4, 0.5) is 0 Å². The maximum atomic E-state index is 12.3. The van der Waals surface area contributed by atoms with Crippen molar-refractivity contribution in [2.45, 2.75) is 12.5 Å². The normalized spacial score (nSPS) is 12.6. The van der Waals surface area contributed by atoms with Gasteiger partial charge in [0, 0.05) is 5.02 Å². The van der Waals surface area contributed by atoms with Crippen LogP contribution in [0.15, 0.2) is 54.6 Å². The Labute approximate surface area is 146 Å². The number of sulfonamides is 1. The molecule has 0 aromatic heterocycles. The van der Waals surface area contributed by atoms with Gasteiger partial charge in [-0.05, 0) is 29.7 Å². The lowest BCUT2D eigenvalue weighted by atomic mass is 10.1. The monoisotopic (exact) mass is 367 g/mol. The van der Waals surface area contributed by atoms with Crippen LogP contribution >= 0.6 is 11.6 Å². The molecule has 0 aliphatic heterocycles. The molecule has 2 aromatic carbocycles. The summed E-state index contributed by atoms with van der Waals surface area (Å²) in [6.07, 6.45) is 0.315. The Morgan fingerprint density at radius 2 is 1.75 bits per heavy atom. The van der Waals surface area contributed by atoms with Gasteiger partial charge in [-0.25, -0.2) is 13.2 Å². The highest BCUT2D eigenvalue weighted by molar-refractivity contribution is 7.89. The molecule has 0 saturated heterocycles. The van der Waals surface area contributed by atoms with Crippen molar-refractivity contribution < 1.29 is 17.9 Å². The van der Waals surface area contributed by atoms with Crippen molar-refractivity contribution in [2.24, 2.45) is 0 Å². The van der Waals surface area contributed by atoms with Crippen molar-refractivity contribution in [3.05, 3.63) is 70.7 Å². The summed E-state index contributed by atoms with van der Waals surface area (Å²) in [5.74, 6) is -0.800. The summed E-state index contributed by atoms with van der Waals surface area (Å²) in [5.41, 5.74) is 1.37. The number of aryl methyl sites for hydroxylation is 1. The van der Waals surface area contributed by atoms with Crippen LogP contribution < -0.4 is 4.72 Å². The van der Waals surface area contributed by atoms with E-state index < -0.39 is 22.0 Å². The number of hydrogen-bond donors (Lipinski definition) is 1. The lowest BCUT2D eigenvalue weighted by Crippen LogP contribution is -2.36. The Balaban J connectivity index is 2.09. The molecule has 1 unspecified atom stereocenters. The first-order valence-corrected chi connectivity index (χ1v) is 9.31. The van der Waals surface area contributed by atoms with Crippen molar-refractivity contribution in [2.75, 3.05) is 12.9 Å². The topological polar surface area (TPSA) is 72.5 Å². The van der Waals surface area contributed by atoms with Crippen LogP contribution in [-0.4, -0.2) is 27.2 Å². The zero-order chi connectivity index (χ0) is 17.6. The van der Waals surface area contributed by atoms with E-state index in [1.807, 2.05) is 0 Å². The van der Waals surface area contributed by atoms with E-state index in [1.54, 1.807) is 54.6 Å². The third-order valence-electron chi connectivity index (χ3n) is 3.44. The first kappa shape index (κ1) is 18.4. The van der Waals surface area contributed by atoms with Gasteiger partial charge in [-0.2, -0.15) is 4.72 Å². The summed E-state index contributed by atoms with van der Waals surface area (Å²) in [6.45, 7) is 0. The maximum absolute atomic E-state index is 12.3. The third kappa shape index (κ3) is 5.33. The molecule has 0 spiro atoms. The van der Waals surface area contributed by atoms with E-state index in [4.69, 9.17) is 16.3 Å². The SMILES string of the molecule is COC(=O)C(NS(=O)(=O)CCc1ccc(Cl)cc1)c1ccccc1. The van der Waals surface area contributed by atoms with Crippen LogP contribution in [-0.2, 0) is 26.0 Å². The number of nitrogens with one attached hydrogen (secondary N) is 1. The Morgan fingerprint density at radius 1 is 1.12 bits per heavy atom. The van der Waals surface area contributed by atoms with E-state index in [0.29, 0.717) is 17.0 Å². The van der Waals surface area contributed by atoms with Crippen LogP contribution in [0.5, 0.6) is 0 Å². The van der Waals surface area contributed by atoms with E-state index in [-0.39, 0.29) is 5.75 Å². The first-order valence-electron chi connectivity index (χ1n) is 7.28. The molecule has 1 atom stereocenters. The number of halogens is 1. The average Bonchev–Trinajstić information content (AvgIpc) is 2.59. The lowest BCUT2D eigenvalue weighted by Gasteiger charge is -2.17. The minimum absolute atomic E-state index is 0.144. The van der Waals surface area contributed by atoms with E-state index in [1.165, 1.54) is 7.11 Å². The van der Waals surface area contributed by atoms with E-state index in [9.17, 15) is 13.2 Å². The second-order valence-corrected chi connectivity index (χ2v) is 7.49. The van der Waals surface area contributed by atoms with E-state index in [2.05, 4.69) is 4.72 Å². The summed E-state index contributed by atoms with van der Waals surface area (Å²) in [7, 11) is -2.45. The molecule has 0 bridgehead atoms. The fraction of sp³-hybridized carbons (Fsp3) is 0.235. The molecule has 2 rings (SSSR count). The standard InChI is InChI=1S/C17H18ClNO4S/c1-23-17(20)16(14-5-3-2-4-6-14)19-24(21,22)12-11-13-7-9-15(18)10-8-13/h2-10,16,19H,11-12H2,1H3. The lowest BCUT2D eigenvalue weighted by molar-refractivity contribution is -0.142. The molecule has 5 nitrogen and oxygen atoms in total. The molecule has 0 radical (unpaired) electrons. The minimum atomic E-state index is -3.68. The summed E-state index contributed by atoms with van der Waals surface area (Å²) >= 11 is 5.81.